The van der Waals surface area contributed by atoms with Gasteiger partial charge in [-0.25, -0.2) is 4.98 Å². The third-order valence-electron chi connectivity index (χ3n) is 3.43. The number of Topliss-reactive ketones (excluding diaryl/α,β-unsaturated/α-hetero) is 1. The van der Waals surface area contributed by atoms with Crippen LogP contribution in [0.2, 0.25) is 0 Å². The van der Waals surface area contributed by atoms with E-state index in [1.807, 2.05) is 24.3 Å². The van der Waals surface area contributed by atoms with Crippen LogP contribution >= 0.6 is 0 Å². The van der Waals surface area contributed by atoms with Crippen molar-refractivity contribution in [2.24, 2.45) is 7.05 Å². The minimum absolute atomic E-state index is 0.150. The minimum atomic E-state index is 0.150. The first-order valence-corrected chi connectivity index (χ1v) is 6.55. The van der Waals surface area contributed by atoms with Crippen LogP contribution in [-0.4, -0.2) is 20.5 Å². The lowest BCUT2D eigenvalue weighted by atomic mass is 9.99. The lowest BCUT2D eigenvalue weighted by Gasteiger charge is -2.06. The molecule has 1 heterocycles. The first-order chi connectivity index (χ1) is 9.74. The highest BCUT2D eigenvalue weighted by Gasteiger charge is 2.10. The quantitative estimate of drug-likeness (QED) is 0.727. The molecule has 0 spiro atoms. The van der Waals surface area contributed by atoms with Gasteiger partial charge in [0.05, 0.1) is 6.42 Å². The van der Waals surface area contributed by atoms with Crippen molar-refractivity contribution in [2.45, 2.75) is 12.8 Å². The van der Waals surface area contributed by atoms with E-state index in [-0.39, 0.29) is 5.78 Å². The zero-order valence-corrected chi connectivity index (χ0v) is 11.3. The topological polar surface area (TPSA) is 47.8 Å². The van der Waals surface area contributed by atoms with E-state index >= 15 is 0 Å². The molecule has 3 rings (SSSR count). The summed E-state index contributed by atoms with van der Waals surface area (Å²) >= 11 is 0. The number of hydrogen-bond donors (Lipinski definition) is 0. The predicted octanol–water partition coefficient (Wildman–Crippen LogP) is 2.32. The molecule has 20 heavy (non-hydrogen) atoms. The maximum Gasteiger partial charge on any atom is 0.144 e. The molecule has 2 aromatic carbocycles. The summed E-state index contributed by atoms with van der Waals surface area (Å²) in [7, 11) is 1.80. The number of aryl methyl sites for hydroxylation is 1. The van der Waals surface area contributed by atoms with Crippen LogP contribution in [-0.2, 0) is 24.7 Å². The van der Waals surface area contributed by atoms with Crippen molar-refractivity contribution < 1.29 is 4.79 Å². The number of carbonyl (C=O) groups is 1. The average Bonchev–Trinajstić information content (AvgIpc) is 2.85. The lowest BCUT2D eigenvalue weighted by molar-refractivity contribution is -0.117. The molecule has 0 fully saturated rings. The summed E-state index contributed by atoms with van der Waals surface area (Å²) in [4.78, 5) is 16.3. The molecule has 3 aromatic rings. The smallest absolute Gasteiger partial charge is 0.144 e. The van der Waals surface area contributed by atoms with Gasteiger partial charge in [-0.1, -0.05) is 42.5 Å². The molecule has 0 aliphatic rings. The van der Waals surface area contributed by atoms with Gasteiger partial charge in [0, 0.05) is 13.5 Å². The van der Waals surface area contributed by atoms with Crippen molar-refractivity contribution >= 4 is 16.6 Å². The number of aromatic nitrogens is 3. The third-order valence-corrected chi connectivity index (χ3v) is 3.43. The van der Waals surface area contributed by atoms with Gasteiger partial charge in [0.15, 0.2) is 0 Å². The zero-order chi connectivity index (χ0) is 13.9. The molecular weight excluding hydrogens is 250 g/mol. The maximum absolute atomic E-state index is 12.2. The van der Waals surface area contributed by atoms with Crippen molar-refractivity contribution in [1.82, 2.24) is 14.8 Å². The van der Waals surface area contributed by atoms with Gasteiger partial charge in [0.2, 0.25) is 0 Å². The zero-order valence-electron chi connectivity index (χ0n) is 11.3. The fourth-order valence-electron chi connectivity index (χ4n) is 2.38. The van der Waals surface area contributed by atoms with Crippen LogP contribution in [0.15, 0.2) is 48.8 Å². The third kappa shape index (κ3) is 2.45. The summed E-state index contributed by atoms with van der Waals surface area (Å²) in [5.74, 6) is 0.854. The van der Waals surface area contributed by atoms with E-state index in [1.165, 1.54) is 6.33 Å². The van der Waals surface area contributed by atoms with E-state index in [4.69, 9.17) is 0 Å². The molecule has 100 valence electrons. The summed E-state index contributed by atoms with van der Waals surface area (Å²) in [6.07, 6.45) is 2.22. The Morgan fingerprint density at radius 2 is 1.90 bits per heavy atom. The molecule has 0 saturated heterocycles. The van der Waals surface area contributed by atoms with Crippen LogP contribution < -0.4 is 0 Å². The molecule has 0 radical (unpaired) electrons. The largest absolute Gasteiger partial charge is 0.299 e. The fourth-order valence-corrected chi connectivity index (χ4v) is 2.38. The Morgan fingerprint density at radius 1 is 1.10 bits per heavy atom. The monoisotopic (exact) mass is 265 g/mol. The van der Waals surface area contributed by atoms with Gasteiger partial charge in [-0.15, -0.1) is 0 Å². The number of carbonyl (C=O) groups excluding carboxylic acids is 1. The van der Waals surface area contributed by atoms with Crippen molar-refractivity contribution in [1.29, 1.82) is 0 Å². The Labute approximate surface area is 117 Å². The van der Waals surface area contributed by atoms with Crippen LogP contribution in [0.4, 0.5) is 0 Å². The second kappa shape index (κ2) is 5.25. The minimum Gasteiger partial charge on any atom is -0.299 e. The fraction of sp³-hybridized carbons (Fsp3) is 0.188. The van der Waals surface area contributed by atoms with Gasteiger partial charge in [-0.05, 0) is 16.3 Å². The number of hydrogen-bond acceptors (Lipinski definition) is 3. The summed E-state index contributed by atoms with van der Waals surface area (Å²) in [5.41, 5.74) is 1.07. The highest BCUT2D eigenvalue weighted by Crippen LogP contribution is 2.19. The Morgan fingerprint density at radius 3 is 2.70 bits per heavy atom. The molecular formula is C16H15N3O. The second-order valence-electron chi connectivity index (χ2n) is 4.83. The predicted molar refractivity (Wildman–Crippen MR) is 77.4 cm³/mol. The molecule has 4 nitrogen and oxygen atoms in total. The molecule has 0 aliphatic heterocycles. The first kappa shape index (κ1) is 12.5. The highest BCUT2D eigenvalue weighted by molar-refractivity contribution is 5.91. The number of fused-ring (bicyclic) bond motifs is 1. The van der Waals surface area contributed by atoms with E-state index in [1.54, 1.807) is 11.7 Å². The molecule has 0 amide bonds. The summed E-state index contributed by atoms with van der Waals surface area (Å²) in [6.45, 7) is 0. The van der Waals surface area contributed by atoms with Crippen molar-refractivity contribution in [3.63, 3.8) is 0 Å². The van der Waals surface area contributed by atoms with Gasteiger partial charge < -0.3 is 0 Å². The SMILES string of the molecule is Cn1ncnc1CC(=O)Cc1cccc2ccccc12. The highest BCUT2D eigenvalue weighted by atomic mass is 16.1. The van der Waals surface area contributed by atoms with E-state index in [0.717, 1.165) is 16.3 Å². The van der Waals surface area contributed by atoms with E-state index in [9.17, 15) is 4.79 Å². The van der Waals surface area contributed by atoms with Crippen molar-refractivity contribution in [3.05, 3.63) is 60.2 Å². The number of ketones is 1. The molecule has 0 aliphatic carbocycles. The molecule has 0 N–H and O–H groups in total. The molecule has 0 atom stereocenters. The van der Waals surface area contributed by atoms with Gasteiger partial charge in [-0.3, -0.25) is 9.48 Å². The molecule has 4 heteroatoms. The Hall–Kier alpha value is -2.49. The second-order valence-corrected chi connectivity index (χ2v) is 4.83. The van der Waals surface area contributed by atoms with Gasteiger partial charge in [0.25, 0.3) is 0 Å². The van der Waals surface area contributed by atoms with Crippen LogP contribution in [0.3, 0.4) is 0 Å². The molecule has 0 saturated carbocycles. The van der Waals surface area contributed by atoms with Crippen LogP contribution in [0.25, 0.3) is 10.8 Å². The van der Waals surface area contributed by atoms with Crippen LogP contribution in [0, 0.1) is 0 Å². The first-order valence-electron chi connectivity index (χ1n) is 6.55. The molecule has 1 aromatic heterocycles. The Balaban J connectivity index is 1.83. The van der Waals surface area contributed by atoms with E-state index in [2.05, 4.69) is 28.3 Å². The number of rotatable bonds is 4. The summed E-state index contributed by atoms with van der Waals surface area (Å²) in [5, 5.41) is 6.28. The molecule has 0 bridgehead atoms. The standard InChI is InChI=1S/C16H15N3O/c1-19-16(17-11-18-19)10-14(20)9-13-7-4-6-12-5-2-3-8-15(12)13/h2-8,11H,9-10H2,1H3. The van der Waals surface area contributed by atoms with E-state index in [0.29, 0.717) is 18.7 Å². The number of nitrogens with zero attached hydrogens (tertiary/aromatic N) is 3. The summed E-state index contributed by atoms with van der Waals surface area (Å²) in [6, 6.07) is 14.2. The average molecular weight is 265 g/mol. The van der Waals surface area contributed by atoms with Gasteiger partial charge in [0.1, 0.15) is 17.9 Å². The summed E-state index contributed by atoms with van der Waals surface area (Å²) < 4.78 is 1.64. The maximum atomic E-state index is 12.2. The van der Waals surface area contributed by atoms with E-state index < -0.39 is 0 Å². The van der Waals surface area contributed by atoms with Crippen molar-refractivity contribution in [3.8, 4) is 0 Å². The van der Waals surface area contributed by atoms with Gasteiger partial charge in [-0.2, -0.15) is 5.10 Å². The van der Waals surface area contributed by atoms with Crippen LogP contribution in [0.5, 0.6) is 0 Å². The van der Waals surface area contributed by atoms with Crippen LogP contribution in [0.1, 0.15) is 11.4 Å². The normalized spacial score (nSPS) is 10.8. The molecule has 0 unspecified atom stereocenters. The Bertz CT molecular complexity index is 756. The lowest BCUT2D eigenvalue weighted by Crippen LogP contribution is -2.11. The van der Waals surface area contributed by atoms with Crippen molar-refractivity contribution in [2.75, 3.05) is 0 Å². The Kier molecular flexibility index (Phi) is 3.29. The number of benzene rings is 2. The van der Waals surface area contributed by atoms with Gasteiger partial charge >= 0.3 is 0 Å².